The van der Waals surface area contributed by atoms with Gasteiger partial charge in [-0.05, 0) is 54.7 Å². The van der Waals surface area contributed by atoms with E-state index in [1.54, 1.807) is 31.2 Å². The number of benzene rings is 3. The predicted octanol–water partition coefficient (Wildman–Crippen LogP) is 5.54. The lowest BCUT2D eigenvalue weighted by Crippen LogP contribution is -2.37. The molecule has 0 radical (unpaired) electrons. The molecule has 2 atom stereocenters. The van der Waals surface area contributed by atoms with Gasteiger partial charge in [0.05, 0.1) is 12.8 Å². The summed E-state index contributed by atoms with van der Waals surface area (Å²) < 4.78 is 19.7. The summed E-state index contributed by atoms with van der Waals surface area (Å²) in [6.07, 6.45) is 0.911. The number of aromatic hydroxyl groups is 1. The summed E-state index contributed by atoms with van der Waals surface area (Å²) in [5, 5.41) is 16.2. The molecular formula is C30H27FN2O4. The number of Topliss-reactive ketones (excluding diaryl/α,β-unsaturated/α-hetero) is 1. The third-order valence-electron chi connectivity index (χ3n) is 7.00. The molecule has 37 heavy (non-hydrogen) atoms. The standard InChI is InChI=1S/C30H27FN2O4/c1-17-27(30(36)33-22-11-7-6-10-21(22)31)28(19-12-13-24(34)26(16-19)37-2)29-23(32-17)14-20(15-25(29)35)18-8-4-3-5-9-18/h3-13,16,20,28,32,34H,14-15H2,1-2H3,(H,33,36)/t20-,28-/m0/s1. The van der Waals surface area contributed by atoms with Crippen LogP contribution in [0.15, 0.2) is 95.3 Å². The smallest absolute Gasteiger partial charge is 0.254 e. The Bertz CT molecular complexity index is 1440. The van der Waals surface area contributed by atoms with Crippen molar-refractivity contribution in [1.29, 1.82) is 0 Å². The van der Waals surface area contributed by atoms with E-state index in [0.717, 1.165) is 11.3 Å². The van der Waals surface area contributed by atoms with Crippen molar-refractivity contribution in [2.45, 2.75) is 31.6 Å². The van der Waals surface area contributed by atoms with Crippen LogP contribution in [0.5, 0.6) is 11.5 Å². The molecule has 1 aliphatic heterocycles. The summed E-state index contributed by atoms with van der Waals surface area (Å²) in [6, 6.07) is 20.6. The first-order chi connectivity index (χ1) is 17.9. The van der Waals surface area contributed by atoms with Crippen molar-refractivity contribution in [3.63, 3.8) is 0 Å². The van der Waals surface area contributed by atoms with Crippen LogP contribution in [0.3, 0.4) is 0 Å². The summed E-state index contributed by atoms with van der Waals surface area (Å²) in [5.74, 6) is -1.67. The molecule has 0 unspecified atom stereocenters. The number of rotatable bonds is 5. The van der Waals surface area contributed by atoms with Gasteiger partial charge >= 0.3 is 0 Å². The molecule has 3 N–H and O–H groups in total. The van der Waals surface area contributed by atoms with Crippen molar-refractivity contribution in [1.82, 2.24) is 5.32 Å². The SMILES string of the molecule is COc1cc([C@H]2C(C(=O)Nc3ccccc3F)=C(C)NC3=C2C(=O)C[C@@H](c2ccccc2)C3)ccc1O. The zero-order valence-electron chi connectivity index (χ0n) is 20.5. The Morgan fingerprint density at radius 1 is 1.03 bits per heavy atom. The van der Waals surface area contributed by atoms with E-state index in [9.17, 15) is 19.1 Å². The number of para-hydroxylation sites is 1. The molecule has 0 saturated heterocycles. The first-order valence-electron chi connectivity index (χ1n) is 12.1. The number of dihydropyridines is 1. The highest BCUT2D eigenvalue weighted by atomic mass is 19.1. The molecule has 1 heterocycles. The van der Waals surface area contributed by atoms with Gasteiger partial charge in [-0.2, -0.15) is 0 Å². The molecule has 0 saturated carbocycles. The molecule has 5 rings (SSSR count). The van der Waals surface area contributed by atoms with Crippen molar-refractivity contribution in [3.8, 4) is 11.5 Å². The van der Waals surface area contributed by atoms with Crippen LogP contribution in [0.2, 0.25) is 0 Å². The number of phenolic OH excluding ortho intramolecular Hbond substituents is 1. The molecular weight excluding hydrogens is 471 g/mol. The largest absolute Gasteiger partial charge is 0.504 e. The van der Waals surface area contributed by atoms with E-state index < -0.39 is 17.6 Å². The van der Waals surface area contributed by atoms with E-state index in [1.165, 1.54) is 25.3 Å². The zero-order valence-corrected chi connectivity index (χ0v) is 20.5. The van der Waals surface area contributed by atoms with Crippen LogP contribution in [-0.2, 0) is 9.59 Å². The molecule has 6 nitrogen and oxygen atoms in total. The number of carbonyl (C=O) groups is 2. The Balaban J connectivity index is 1.60. The summed E-state index contributed by atoms with van der Waals surface area (Å²) in [7, 11) is 1.44. The summed E-state index contributed by atoms with van der Waals surface area (Å²) in [6.45, 7) is 1.78. The summed E-state index contributed by atoms with van der Waals surface area (Å²) in [4.78, 5) is 27.3. The number of nitrogens with one attached hydrogen (secondary N) is 2. The minimum Gasteiger partial charge on any atom is -0.504 e. The van der Waals surface area contributed by atoms with Gasteiger partial charge in [-0.15, -0.1) is 0 Å². The average Bonchev–Trinajstić information content (AvgIpc) is 2.90. The molecule has 0 spiro atoms. The topological polar surface area (TPSA) is 87.7 Å². The first kappa shape index (κ1) is 24.3. The molecule has 0 aromatic heterocycles. The fourth-order valence-corrected chi connectivity index (χ4v) is 5.26. The van der Waals surface area contributed by atoms with Crippen LogP contribution >= 0.6 is 0 Å². The third kappa shape index (κ3) is 4.60. The van der Waals surface area contributed by atoms with E-state index in [0.29, 0.717) is 35.2 Å². The lowest BCUT2D eigenvalue weighted by molar-refractivity contribution is -0.116. The van der Waals surface area contributed by atoms with Crippen molar-refractivity contribution >= 4 is 17.4 Å². The van der Waals surface area contributed by atoms with E-state index in [-0.39, 0.29) is 28.9 Å². The van der Waals surface area contributed by atoms with Gasteiger partial charge in [0, 0.05) is 34.9 Å². The molecule has 7 heteroatoms. The number of anilines is 1. The number of hydrogen-bond acceptors (Lipinski definition) is 5. The van der Waals surface area contributed by atoms with Crippen molar-refractivity contribution in [3.05, 3.63) is 112 Å². The Morgan fingerprint density at radius 2 is 1.76 bits per heavy atom. The molecule has 1 amide bonds. The van der Waals surface area contributed by atoms with Gasteiger partial charge in [0.1, 0.15) is 5.82 Å². The Morgan fingerprint density at radius 3 is 2.49 bits per heavy atom. The number of phenols is 1. The number of ether oxygens (including phenoxy) is 1. The van der Waals surface area contributed by atoms with Gasteiger partial charge in [-0.1, -0.05) is 48.5 Å². The van der Waals surface area contributed by atoms with Crippen LogP contribution in [-0.4, -0.2) is 23.9 Å². The van der Waals surface area contributed by atoms with E-state index in [4.69, 9.17) is 4.74 Å². The number of amides is 1. The molecule has 0 bridgehead atoms. The van der Waals surface area contributed by atoms with Gasteiger partial charge in [0.2, 0.25) is 0 Å². The maximum Gasteiger partial charge on any atom is 0.254 e. The van der Waals surface area contributed by atoms with Crippen molar-refractivity contribution in [2.75, 3.05) is 12.4 Å². The lowest BCUT2D eigenvalue weighted by Gasteiger charge is -2.37. The Kier molecular flexibility index (Phi) is 6.53. The monoisotopic (exact) mass is 498 g/mol. The van der Waals surface area contributed by atoms with Crippen molar-refractivity contribution in [2.24, 2.45) is 0 Å². The Hall–Kier alpha value is -4.39. The number of allylic oxidation sites excluding steroid dienone is 3. The quantitative estimate of drug-likeness (QED) is 0.430. The highest BCUT2D eigenvalue weighted by molar-refractivity contribution is 6.10. The second-order valence-electron chi connectivity index (χ2n) is 9.29. The normalized spacial score (nSPS) is 19.3. The molecule has 0 fully saturated rings. The molecule has 2 aliphatic rings. The third-order valence-corrected chi connectivity index (χ3v) is 7.00. The second-order valence-corrected chi connectivity index (χ2v) is 9.29. The van der Waals surface area contributed by atoms with Crippen LogP contribution in [0, 0.1) is 5.82 Å². The minimum absolute atomic E-state index is 0.0107. The molecule has 3 aromatic rings. The molecule has 188 valence electrons. The first-order valence-corrected chi connectivity index (χ1v) is 12.1. The van der Waals surface area contributed by atoms with Gasteiger partial charge in [-0.25, -0.2) is 4.39 Å². The highest BCUT2D eigenvalue weighted by Gasteiger charge is 2.41. The highest BCUT2D eigenvalue weighted by Crippen LogP contribution is 2.46. The maximum absolute atomic E-state index is 14.4. The van der Waals surface area contributed by atoms with Gasteiger partial charge in [0.15, 0.2) is 17.3 Å². The fraction of sp³-hybridized carbons (Fsp3) is 0.200. The van der Waals surface area contributed by atoms with Crippen molar-refractivity contribution < 1.29 is 23.8 Å². The average molecular weight is 499 g/mol. The number of hydrogen-bond donors (Lipinski definition) is 3. The number of halogens is 1. The van der Waals surface area contributed by atoms with Gasteiger partial charge < -0.3 is 20.5 Å². The van der Waals surface area contributed by atoms with E-state index >= 15 is 0 Å². The molecule has 3 aromatic carbocycles. The number of ketones is 1. The van der Waals surface area contributed by atoms with E-state index in [1.807, 2.05) is 30.3 Å². The van der Waals surface area contributed by atoms with Crippen LogP contribution in [0.25, 0.3) is 0 Å². The number of methoxy groups -OCH3 is 1. The van der Waals surface area contributed by atoms with Crippen LogP contribution < -0.4 is 15.4 Å². The zero-order chi connectivity index (χ0) is 26.1. The maximum atomic E-state index is 14.4. The fourth-order valence-electron chi connectivity index (χ4n) is 5.26. The lowest BCUT2D eigenvalue weighted by atomic mass is 9.71. The predicted molar refractivity (Wildman–Crippen MR) is 139 cm³/mol. The summed E-state index contributed by atoms with van der Waals surface area (Å²) >= 11 is 0. The number of carbonyl (C=O) groups excluding carboxylic acids is 2. The second kappa shape index (κ2) is 9.93. The Labute approximate surface area is 214 Å². The van der Waals surface area contributed by atoms with Crippen LogP contribution in [0.4, 0.5) is 10.1 Å². The van der Waals surface area contributed by atoms with Gasteiger partial charge in [0.25, 0.3) is 5.91 Å². The minimum atomic E-state index is -0.721. The van der Waals surface area contributed by atoms with E-state index in [2.05, 4.69) is 10.6 Å². The van der Waals surface area contributed by atoms with Crippen LogP contribution in [0.1, 0.15) is 42.7 Å². The summed E-state index contributed by atoms with van der Waals surface area (Å²) in [5.41, 5.74) is 3.90. The van der Waals surface area contributed by atoms with Gasteiger partial charge in [-0.3, -0.25) is 9.59 Å². The molecule has 1 aliphatic carbocycles.